The number of nitrogens with two attached hydrogens (primary N) is 1. The third-order valence-electron chi connectivity index (χ3n) is 2.82. The second-order valence-corrected chi connectivity index (χ2v) is 5.02. The third kappa shape index (κ3) is 3.75. The maximum Gasteiger partial charge on any atom is 0.236 e. The van der Waals surface area contributed by atoms with Gasteiger partial charge < -0.3 is 10.6 Å². The van der Waals surface area contributed by atoms with Crippen LogP contribution in [0.4, 0.5) is 0 Å². The Labute approximate surface area is 123 Å². The van der Waals surface area contributed by atoms with Crippen molar-refractivity contribution >= 4 is 41.5 Å². The molecule has 2 rings (SSSR count). The molecule has 18 heavy (non-hydrogen) atoms. The predicted molar refractivity (Wildman–Crippen MR) is 76.3 cm³/mol. The minimum absolute atomic E-state index is 0. The number of hydrogen-bond donors (Lipinski definition) is 1. The van der Waals surface area contributed by atoms with Gasteiger partial charge in [0.2, 0.25) is 5.91 Å². The van der Waals surface area contributed by atoms with Crippen LogP contribution in [-0.2, 0) is 11.3 Å². The Balaban J connectivity index is 0.00000162. The van der Waals surface area contributed by atoms with Gasteiger partial charge in [-0.2, -0.15) is 0 Å². The molecule has 0 saturated heterocycles. The summed E-state index contributed by atoms with van der Waals surface area (Å²) in [5, 5.41) is 1.04. The van der Waals surface area contributed by atoms with Crippen LogP contribution in [0.2, 0.25) is 10.0 Å². The van der Waals surface area contributed by atoms with Crippen molar-refractivity contribution in [3.05, 3.63) is 33.8 Å². The van der Waals surface area contributed by atoms with Gasteiger partial charge in [0.15, 0.2) is 0 Å². The van der Waals surface area contributed by atoms with E-state index in [-0.39, 0.29) is 24.9 Å². The zero-order valence-electron chi connectivity index (χ0n) is 9.73. The van der Waals surface area contributed by atoms with Gasteiger partial charge in [-0.25, -0.2) is 0 Å². The molecule has 0 heterocycles. The number of carbonyl (C=O) groups is 1. The number of amides is 1. The Morgan fingerprint density at radius 1 is 1.33 bits per heavy atom. The standard InChI is InChI=1S/C12H14Cl2N2O.ClH/c13-10-4-1-8(5-11(10)14)7-16(9-2-3-9)12(17)6-15;/h1,4-5,9H,2-3,6-7,15H2;1H. The van der Waals surface area contributed by atoms with Crippen molar-refractivity contribution in [1.29, 1.82) is 0 Å². The van der Waals surface area contributed by atoms with Crippen molar-refractivity contribution < 1.29 is 4.79 Å². The number of nitrogens with zero attached hydrogens (tertiary/aromatic N) is 1. The average molecular weight is 310 g/mol. The largest absolute Gasteiger partial charge is 0.334 e. The van der Waals surface area contributed by atoms with Crippen molar-refractivity contribution in [2.75, 3.05) is 6.54 Å². The van der Waals surface area contributed by atoms with Gasteiger partial charge in [-0.1, -0.05) is 29.3 Å². The molecule has 1 aromatic rings. The Hall–Kier alpha value is -0.480. The molecule has 1 fully saturated rings. The summed E-state index contributed by atoms with van der Waals surface area (Å²) in [7, 11) is 0. The summed E-state index contributed by atoms with van der Waals surface area (Å²) in [5.41, 5.74) is 6.39. The van der Waals surface area contributed by atoms with Gasteiger partial charge in [-0.05, 0) is 30.5 Å². The molecule has 0 aromatic heterocycles. The fourth-order valence-electron chi connectivity index (χ4n) is 1.76. The summed E-state index contributed by atoms with van der Waals surface area (Å²) >= 11 is 11.8. The van der Waals surface area contributed by atoms with E-state index >= 15 is 0 Å². The highest BCUT2D eigenvalue weighted by Crippen LogP contribution is 2.29. The molecule has 2 N–H and O–H groups in total. The van der Waals surface area contributed by atoms with Crippen LogP contribution in [0.15, 0.2) is 18.2 Å². The fraction of sp³-hybridized carbons (Fsp3) is 0.417. The smallest absolute Gasteiger partial charge is 0.236 e. The summed E-state index contributed by atoms with van der Waals surface area (Å²) in [6.07, 6.45) is 2.13. The molecule has 0 spiro atoms. The van der Waals surface area contributed by atoms with E-state index in [0.717, 1.165) is 18.4 Å². The molecule has 1 aliphatic carbocycles. The fourth-order valence-corrected chi connectivity index (χ4v) is 2.08. The predicted octanol–water partition coefficient (Wildman–Crippen LogP) is 2.86. The van der Waals surface area contributed by atoms with Gasteiger partial charge in [0.05, 0.1) is 16.6 Å². The Morgan fingerprint density at radius 3 is 2.50 bits per heavy atom. The first kappa shape index (κ1) is 15.6. The Morgan fingerprint density at radius 2 is 2.00 bits per heavy atom. The molecule has 0 unspecified atom stereocenters. The van der Waals surface area contributed by atoms with Crippen molar-refractivity contribution in [2.24, 2.45) is 5.73 Å². The van der Waals surface area contributed by atoms with Crippen molar-refractivity contribution in [3.63, 3.8) is 0 Å². The lowest BCUT2D eigenvalue weighted by Gasteiger charge is -2.22. The normalized spacial score (nSPS) is 13.9. The number of benzene rings is 1. The van der Waals surface area contributed by atoms with Crippen LogP contribution in [0.1, 0.15) is 18.4 Å². The van der Waals surface area contributed by atoms with Crippen LogP contribution in [0, 0.1) is 0 Å². The quantitative estimate of drug-likeness (QED) is 0.929. The molecule has 6 heteroatoms. The van der Waals surface area contributed by atoms with Crippen molar-refractivity contribution in [1.82, 2.24) is 4.90 Å². The van der Waals surface area contributed by atoms with Crippen LogP contribution in [0.3, 0.4) is 0 Å². The van der Waals surface area contributed by atoms with E-state index in [1.54, 1.807) is 12.1 Å². The van der Waals surface area contributed by atoms with Gasteiger partial charge in [0.1, 0.15) is 0 Å². The zero-order chi connectivity index (χ0) is 12.4. The van der Waals surface area contributed by atoms with E-state index in [0.29, 0.717) is 22.6 Å². The highest BCUT2D eigenvalue weighted by atomic mass is 35.5. The van der Waals surface area contributed by atoms with Crippen LogP contribution in [0.25, 0.3) is 0 Å². The lowest BCUT2D eigenvalue weighted by atomic mass is 10.2. The first-order valence-electron chi connectivity index (χ1n) is 5.55. The molecular formula is C12H15Cl3N2O. The van der Waals surface area contributed by atoms with E-state index in [1.807, 2.05) is 11.0 Å². The lowest BCUT2D eigenvalue weighted by molar-refractivity contribution is -0.130. The molecule has 100 valence electrons. The summed E-state index contributed by atoms with van der Waals surface area (Å²) in [6.45, 7) is 0.607. The molecule has 3 nitrogen and oxygen atoms in total. The molecule has 1 aliphatic rings. The molecule has 0 aliphatic heterocycles. The molecule has 1 aromatic carbocycles. The molecule has 0 radical (unpaired) electrons. The molecule has 1 amide bonds. The van der Waals surface area contributed by atoms with E-state index in [9.17, 15) is 4.79 Å². The maximum absolute atomic E-state index is 11.7. The highest BCUT2D eigenvalue weighted by Gasteiger charge is 2.31. The van der Waals surface area contributed by atoms with Crippen LogP contribution in [-0.4, -0.2) is 23.4 Å². The van der Waals surface area contributed by atoms with Crippen molar-refractivity contribution in [2.45, 2.75) is 25.4 Å². The van der Waals surface area contributed by atoms with Crippen LogP contribution in [0.5, 0.6) is 0 Å². The van der Waals surface area contributed by atoms with Gasteiger partial charge in [0.25, 0.3) is 0 Å². The first-order chi connectivity index (χ1) is 8.11. The van der Waals surface area contributed by atoms with Gasteiger partial charge in [0, 0.05) is 12.6 Å². The second kappa shape index (κ2) is 6.62. The Bertz CT molecular complexity index is 435. The highest BCUT2D eigenvalue weighted by molar-refractivity contribution is 6.42. The van der Waals surface area contributed by atoms with E-state index < -0.39 is 0 Å². The first-order valence-corrected chi connectivity index (χ1v) is 6.31. The topological polar surface area (TPSA) is 46.3 Å². The van der Waals surface area contributed by atoms with Crippen LogP contribution < -0.4 is 5.73 Å². The number of carbonyl (C=O) groups excluding carboxylic acids is 1. The number of halogens is 3. The minimum atomic E-state index is -0.0152. The SMILES string of the molecule is Cl.NCC(=O)N(Cc1ccc(Cl)c(Cl)c1)C1CC1. The zero-order valence-corrected chi connectivity index (χ0v) is 12.1. The van der Waals surface area contributed by atoms with E-state index in [2.05, 4.69) is 0 Å². The second-order valence-electron chi connectivity index (χ2n) is 4.21. The lowest BCUT2D eigenvalue weighted by Crippen LogP contribution is -2.37. The maximum atomic E-state index is 11.7. The summed E-state index contributed by atoms with van der Waals surface area (Å²) in [5.74, 6) is -0.0152. The van der Waals surface area contributed by atoms with Gasteiger partial charge in [-0.3, -0.25) is 4.79 Å². The number of rotatable bonds is 4. The molecule has 0 bridgehead atoms. The van der Waals surface area contributed by atoms with Gasteiger partial charge in [-0.15, -0.1) is 12.4 Å². The summed E-state index contributed by atoms with van der Waals surface area (Å²) < 4.78 is 0. The Kier molecular flexibility index (Phi) is 5.73. The molecule has 0 atom stereocenters. The molecule has 1 saturated carbocycles. The molecular weight excluding hydrogens is 295 g/mol. The number of hydrogen-bond acceptors (Lipinski definition) is 2. The van der Waals surface area contributed by atoms with Crippen LogP contribution >= 0.6 is 35.6 Å². The van der Waals surface area contributed by atoms with Crippen molar-refractivity contribution in [3.8, 4) is 0 Å². The monoisotopic (exact) mass is 308 g/mol. The van der Waals surface area contributed by atoms with E-state index in [4.69, 9.17) is 28.9 Å². The minimum Gasteiger partial charge on any atom is -0.334 e. The summed E-state index contributed by atoms with van der Waals surface area (Å²) in [6, 6.07) is 5.77. The van der Waals surface area contributed by atoms with Gasteiger partial charge >= 0.3 is 0 Å². The average Bonchev–Trinajstić information content (AvgIpc) is 3.13. The van der Waals surface area contributed by atoms with E-state index in [1.165, 1.54) is 0 Å². The third-order valence-corrected chi connectivity index (χ3v) is 3.56. The summed E-state index contributed by atoms with van der Waals surface area (Å²) in [4.78, 5) is 13.5.